The van der Waals surface area contributed by atoms with Crippen LogP contribution >= 0.6 is 0 Å². The van der Waals surface area contributed by atoms with E-state index < -0.39 is 117 Å². The first-order valence-electron chi connectivity index (χ1n) is 15.1. The summed E-state index contributed by atoms with van der Waals surface area (Å²) < 4.78 is 27.5. The van der Waals surface area contributed by atoms with E-state index >= 15 is 0 Å². The first-order valence-corrected chi connectivity index (χ1v) is 15.1. The molecule has 1 aromatic rings. The SMILES string of the molecule is C=C1C2[C@H](O[C@@H]3O[C@H](CO)[C@@H](O)[C@H](O)[C@H]3O)OC=C(C(=O)OC[C@@H](O)[C@@H](O)[C@H](O)[C@H](O)CO)[C@H]2C[C@@H]1OC(=O)/C=C/c1ccc(O)c(O)c1. The highest BCUT2D eigenvalue weighted by Gasteiger charge is 2.53. The highest BCUT2D eigenvalue weighted by atomic mass is 16.8. The van der Waals surface area contributed by atoms with Gasteiger partial charge in [0.1, 0.15) is 61.5 Å². The Hall–Kier alpha value is -3.66. The molecule has 11 N–H and O–H groups in total. The summed E-state index contributed by atoms with van der Waals surface area (Å²) in [5.74, 6) is -4.63. The molecule has 2 fully saturated rings. The van der Waals surface area contributed by atoms with Gasteiger partial charge < -0.3 is 79.9 Å². The molecule has 2 heterocycles. The quantitative estimate of drug-likeness (QED) is 0.0408. The number of esters is 2. The number of aliphatic hydroxyl groups is 9. The Kier molecular flexibility index (Phi) is 12.7. The summed E-state index contributed by atoms with van der Waals surface area (Å²) in [7, 11) is 0. The molecule has 13 atom stereocenters. The smallest absolute Gasteiger partial charge is 0.337 e. The average Bonchev–Trinajstić information content (AvgIpc) is 3.41. The molecule has 3 aliphatic rings. The summed E-state index contributed by atoms with van der Waals surface area (Å²) in [6, 6.07) is 3.84. The second-order valence-electron chi connectivity index (χ2n) is 11.8. The lowest BCUT2D eigenvalue weighted by Gasteiger charge is -2.42. The zero-order valence-corrected chi connectivity index (χ0v) is 25.8. The molecule has 1 saturated heterocycles. The van der Waals surface area contributed by atoms with Gasteiger partial charge >= 0.3 is 11.9 Å². The maximum Gasteiger partial charge on any atom is 0.337 e. The van der Waals surface area contributed by atoms with Gasteiger partial charge in [-0.15, -0.1) is 0 Å². The van der Waals surface area contributed by atoms with E-state index in [0.29, 0.717) is 5.56 Å². The molecule has 1 aromatic carbocycles. The third kappa shape index (κ3) is 8.56. The third-order valence-electron chi connectivity index (χ3n) is 8.50. The molecule has 1 aliphatic carbocycles. The minimum atomic E-state index is -2.01. The van der Waals surface area contributed by atoms with Crippen LogP contribution in [0.3, 0.4) is 0 Å². The molecule has 0 aromatic heterocycles. The van der Waals surface area contributed by atoms with Crippen LogP contribution in [0.1, 0.15) is 12.0 Å². The van der Waals surface area contributed by atoms with Gasteiger partial charge in [-0.3, -0.25) is 0 Å². The van der Waals surface area contributed by atoms with E-state index in [1.54, 1.807) is 0 Å². The maximum absolute atomic E-state index is 13.2. The minimum absolute atomic E-state index is 0.0888. The summed E-state index contributed by atoms with van der Waals surface area (Å²) >= 11 is 0. The molecule has 0 spiro atoms. The highest BCUT2D eigenvalue weighted by molar-refractivity contribution is 5.90. The largest absolute Gasteiger partial charge is 0.504 e. The van der Waals surface area contributed by atoms with E-state index in [1.165, 1.54) is 24.3 Å². The van der Waals surface area contributed by atoms with Crippen molar-refractivity contribution in [2.75, 3.05) is 19.8 Å². The topological polar surface area (TPSA) is 303 Å². The van der Waals surface area contributed by atoms with Crippen molar-refractivity contribution < 1.29 is 89.4 Å². The summed E-state index contributed by atoms with van der Waals surface area (Å²) in [6.07, 6.45) is -15.2. The predicted octanol–water partition coefficient (Wildman–Crippen LogP) is -3.75. The van der Waals surface area contributed by atoms with E-state index in [4.69, 9.17) is 28.8 Å². The van der Waals surface area contributed by atoms with Crippen molar-refractivity contribution in [1.82, 2.24) is 0 Å². The summed E-state index contributed by atoms with van der Waals surface area (Å²) in [6.45, 7) is 1.46. The fraction of sp³-hybridized carbons (Fsp3) is 0.548. The number of carbonyl (C=O) groups is 2. The molecule has 18 heteroatoms. The van der Waals surface area contributed by atoms with Crippen molar-refractivity contribution in [1.29, 1.82) is 0 Å². The van der Waals surface area contributed by atoms with Gasteiger partial charge in [0.2, 0.25) is 6.29 Å². The highest BCUT2D eigenvalue weighted by Crippen LogP contribution is 2.48. The Bertz CT molecular complexity index is 1390. The molecule has 0 bridgehead atoms. The van der Waals surface area contributed by atoms with Gasteiger partial charge in [-0.2, -0.15) is 0 Å². The molecular weight excluding hydrogens is 660 g/mol. The molecule has 272 valence electrons. The monoisotopic (exact) mass is 700 g/mol. The normalized spacial score (nSPS) is 32.4. The van der Waals surface area contributed by atoms with Gasteiger partial charge in [0.05, 0.1) is 31.0 Å². The summed E-state index contributed by atoms with van der Waals surface area (Å²) in [5, 5.41) is 108. The maximum atomic E-state index is 13.2. The molecule has 4 rings (SSSR count). The molecule has 18 nitrogen and oxygen atoms in total. The van der Waals surface area contributed by atoms with Crippen LogP contribution in [-0.4, -0.2) is 155 Å². The second-order valence-corrected chi connectivity index (χ2v) is 11.8. The van der Waals surface area contributed by atoms with E-state index in [1.807, 2.05) is 0 Å². The third-order valence-corrected chi connectivity index (χ3v) is 8.50. The van der Waals surface area contributed by atoms with Crippen LogP contribution in [0.15, 0.2) is 48.3 Å². The van der Waals surface area contributed by atoms with Gasteiger partial charge in [-0.25, -0.2) is 9.59 Å². The van der Waals surface area contributed by atoms with E-state index in [0.717, 1.165) is 12.3 Å². The molecule has 0 radical (unpaired) electrons. The average molecular weight is 701 g/mol. The van der Waals surface area contributed by atoms with Crippen molar-refractivity contribution in [2.24, 2.45) is 11.8 Å². The zero-order valence-electron chi connectivity index (χ0n) is 25.8. The van der Waals surface area contributed by atoms with Gasteiger partial charge in [0.25, 0.3) is 0 Å². The summed E-state index contributed by atoms with van der Waals surface area (Å²) in [5.41, 5.74) is 0.371. The first-order chi connectivity index (χ1) is 23.2. The van der Waals surface area contributed by atoms with Crippen LogP contribution in [0, 0.1) is 11.8 Å². The number of benzene rings is 1. The molecule has 1 unspecified atom stereocenters. The standard InChI is InChI=1S/C31H40O18/c1-12-20(47-22(38)5-3-13-2-4-16(34)17(35)6-13)7-14-15(29(44)45-11-19(37)25(40)24(39)18(36)8-32)10-46-30(23(12)14)49-31-28(43)27(42)26(41)21(9-33)48-31/h2-6,10,14,18-21,23-28,30-37,39-43H,1,7-9,11H2/b5-3+/t14-,18-,19-,20+,21-,23?,24-,25-,26-,27+,28-,30+,31+/m1/s1. The lowest BCUT2D eigenvalue weighted by Crippen LogP contribution is -2.60. The zero-order chi connectivity index (χ0) is 36.2. The Morgan fingerprint density at radius 1 is 0.959 bits per heavy atom. The number of hydrogen-bond acceptors (Lipinski definition) is 18. The second kappa shape index (κ2) is 16.4. The lowest BCUT2D eigenvalue weighted by atomic mass is 9.85. The Labute approximate surface area is 278 Å². The van der Waals surface area contributed by atoms with E-state index in [-0.39, 0.29) is 23.3 Å². The van der Waals surface area contributed by atoms with Crippen LogP contribution in [0.5, 0.6) is 11.5 Å². The number of rotatable bonds is 13. The number of carbonyl (C=O) groups excluding carboxylic acids is 2. The predicted molar refractivity (Wildman–Crippen MR) is 159 cm³/mol. The number of aliphatic hydroxyl groups excluding tert-OH is 9. The van der Waals surface area contributed by atoms with Crippen molar-refractivity contribution in [3.63, 3.8) is 0 Å². The van der Waals surface area contributed by atoms with Crippen LogP contribution in [0.4, 0.5) is 0 Å². The summed E-state index contributed by atoms with van der Waals surface area (Å²) in [4.78, 5) is 26.0. The molecule has 2 aliphatic heterocycles. The van der Waals surface area contributed by atoms with Crippen molar-refractivity contribution in [3.8, 4) is 11.5 Å². The van der Waals surface area contributed by atoms with Crippen LogP contribution in [0.2, 0.25) is 0 Å². The number of phenols is 2. The first kappa shape index (κ1) is 38.1. The van der Waals surface area contributed by atoms with Crippen molar-refractivity contribution >= 4 is 18.0 Å². The Morgan fingerprint density at radius 2 is 1.65 bits per heavy atom. The number of hydrogen-bond donors (Lipinski definition) is 11. The lowest BCUT2D eigenvalue weighted by molar-refractivity contribution is -0.339. The number of phenolic OH excluding ortho intramolecular Hbond substituents is 2. The van der Waals surface area contributed by atoms with Crippen LogP contribution in [-0.2, 0) is 33.3 Å². The fourth-order valence-corrected chi connectivity index (χ4v) is 5.65. The van der Waals surface area contributed by atoms with Crippen molar-refractivity contribution in [3.05, 3.63) is 53.8 Å². The molecule has 49 heavy (non-hydrogen) atoms. The molecule has 1 saturated carbocycles. The van der Waals surface area contributed by atoms with Crippen LogP contribution in [0.25, 0.3) is 6.08 Å². The fourth-order valence-electron chi connectivity index (χ4n) is 5.65. The molecular formula is C31H40O18. The van der Waals surface area contributed by atoms with E-state index in [2.05, 4.69) is 6.58 Å². The molecule has 0 amide bonds. The number of fused-ring (bicyclic) bond motifs is 1. The number of ether oxygens (including phenoxy) is 5. The Morgan fingerprint density at radius 3 is 2.31 bits per heavy atom. The van der Waals surface area contributed by atoms with Crippen molar-refractivity contribution in [2.45, 2.75) is 73.9 Å². The minimum Gasteiger partial charge on any atom is -0.504 e. The number of aromatic hydroxyl groups is 2. The van der Waals surface area contributed by atoms with Gasteiger partial charge in [-0.05, 0) is 35.8 Å². The van der Waals surface area contributed by atoms with Gasteiger partial charge in [-0.1, -0.05) is 12.6 Å². The van der Waals surface area contributed by atoms with E-state index in [9.17, 15) is 60.7 Å². The van der Waals surface area contributed by atoms with Gasteiger partial charge in [0.15, 0.2) is 17.8 Å². The van der Waals surface area contributed by atoms with Gasteiger partial charge in [0, 0.05) is 12.0 Å². The van der Waals surface area contributed by atoms with Crippen LogP contribution < -0.4 is 0 Å². The Balaban J connectivity index is 1.52.